The molecule has 0 saturated heterocycles. The van der Waals surface area contributed by atoms with Gasteiger partial charge in [0.15, 0.2) is 12.4 Å². The van der Waals surface area contributed by atoms with Gasteiger partial charge in [-0.05, 0) is 30.3 Å². The van der Waals surface area contributed by atoms with Crippen LogP contribution in [0.2, 0.25) is 0 Å². The quantitative estimate of drug-likeness (QED) is 0.562. The number of fused-ring (bicyclic) bond motifs is 2. The van der Waals surface area contributed by atoms with Crippen molar-refractivity contribution in [2.24, 2.45) is 7.05 Å². The van der Waals surface area contributed by atoms with Gasteiger partial charge in [0, 0.05) is 36.0 Å². The van der Waals surface area contributed by atoms with E-state index in [4.69, 9.17) is 9.47 Å². The van der Waals surface area contributed by atoms with Crippen LogP contribution in [0, 0.1) is 0 Å². The summed E-state index contributed by atoms with van der Waals surface area (Å²) in [7, 11) is 1.70. The molecule has 0 fully saturated rings. The van der Waals surface area contributed by atoms with Crippen molar-refractivity contribution in [3.8, 4) is 28.4 Å². The molecule has 5 rings (SSSR count). The maximum Gasteiger partial charge on any atom is 0.274 e. The van der Waals surface area contributed by atoms with Gasteiger partial charge in [0.1, 0.15) is 22.7 Å². The maximum absolute atomic E-state index is 12.4. The van der Waals surface area contributed by atoms with Gasteiger partial charge in [0.2, 0.25) is 0 Å². The van der Waals surface area contributed by atoms with Gasteiger partial charge in [0.05, 0.1) is 0 Å². The lowest BCUT2D eigenvalue weighted by Crippen LogP contribution is -2.25. The highest BCUT2D eigenvalue weighted by Crippen LogP contribution is 2.46. The van der Waals surface area contributed by atoms with Crippen molar-refractivity contribution in [1.29, 1.82) is 0 Å². The Kier molecular flexibility index (Phi) is 3.87. The zero-order chi connectivity index (χ0) is 20.0. The number of benzene rings is 2. The first-order valence-corrected chi connectivity index (χ1v) is 9.11. The number of pyridine rings is 1. The Balaban J connectivity index is 1.79. The van der Waals surface area contributed by atoms with Gasteiger partial charge in [-0.1, -0.05) is 18.2 Å². The number of aromatic amines is 1. The summed E-state index contributed by atoms with van der Waals surface area (Å²) in [6, 6.07) is 14.8. The molecule has 2 aromatic heterocycles. The fraction of sp³-hybridized carbons (Fsp3) is 0.0909. The van der Waals surface area contributed by atoms with Crippen molar-refractivity contribution in [3.05, 3.63) is 71.3 Å². The molecule has 1 aliphatic heterocycles. The largest absolute Gasteiger partial charge is 0.481 e. The molecule has 1 amide bonds. The monoisotopic (exact) mass is 387 g/mol. The fourth-order valence-corrected chi connectivity index (χ4v) is 3.53. The molecule has 0 bridgehead atoms. The molecule has 0 atom stereocenters. The third kappa shape index (κ3) is 2.84. The standard InChI is InChI=1S/C22H17N3O4/c1-25-11-16(14-9-10-23-19(14)22(25)27)15-7-8-17-20(24-18(26)12-28-17)21(15)29-13-5-3-2-4-6-13/h2-11,23H,12H2,1H3,(H,24,26). The van der Waals surface area contributed by atoms with E-state index in [9.17, 15) is 9.59 Å². The van der Waals surface area contributed by atoms with Gasteiger partial charge >= 0.3 is 0 Å². The van der Waals surface area contributed by atoms with E-state index in [1.807, 2.05) is 42.5 Å². The van der Waals surface area contributed by atoms with Crippen molar-refractivity contribution in [2.45, 2.75) is 0 Å². The number of carbonyl (C=O) groups excluding carboxylic acids is 1. The topological polar surface area (TPSA) is 85.3 Å². The zero-order valence-corrected chi connectivity index (χ0v) is 15.6. The number of H-pyrrole nitrogens is 1. The minimum atomic E-state index is -0.250. The Bertz CT molecular complexity index is 1310. The average molecular weight is 387 g/mol. The predicted octanol–water partition coefficient (Wildman–Crippen LogP) is 3.66. The number of nitrogens with one attached hydrogen (secondary N) is 2. The van der Waals surface area contributed by atoms with Crippen molar-refractivity contribution in [1.82, 2.24) is 9.55 Å². The van der Waals surface area contributed by atoms with Gasteiger partial charge in [-0.15, -0.1) is 0 Å². The van der Waals surface area contributed by atoms with Crippen LogP contribution in [0.4, 0.5) is 5.69 Å². The number of anilines is 1. The lowest BCUT2D eigenvalue weighted by atomic mass is 10.0. The van der Waals surface area contributed by atoms with E-state index in [2.05, 4.69) is 10.3 Å². The number of amides is 1. The molecule has 7 heteroatoms. The molecule has 1 aliphatic rings. The normalized spacial score (nSPS) is 12.9. The second-order valence-corrected chi connectivity index (χ2v) is 6.79. The number of para-hydroxylation sites is 1. The van der Waals surface area contributed by atoms with Crippen LogP contribution in [0.1, 0.15) is 0 Å². The minimum absolute atomic E-state index is 0.0426. The Morgan fingerprint density at radius 1 is 1.03 bits per heavy atom. The van der Waals surface area contributed by atoms with E-state index in [0.29, 0.717) is 28.5 Å². The Labute approximate surface area is 165 Å². The summed E-state index contributed by atoms with van der Waals surface area (Å²) in [5.74, 6) is 1.37. The molecular formula is C22H17N3O4. The molecule has 2 aromatic carbocycles. The number of rotatable bonds is 3. The summed E-state index contributed by atoms with van der Waals surface area (Å²) in [5, 5.41) is 3.63. The van der Waals surface area contributed by atoms with Crippen LogP contribution in [0.3, 0.4) is 0 Å². The molecule has 0 unspecified atom stereocenters. The molecule has 0 radical (unpaired) electrons. The lowest BCUT2D eigenvalue weighted by Gasteiger charge is -2.23. The van der Waals surface area contributed by atoms with E-state index in [1.54, 1.807) is 25.5 Å². The highest BCUT2D eigenvalue weighted by Gasteiger charge is 2.25. The van der Waals surface area contributed by atoms with Crippen molar-refractivity contribution < 1.29 is 14.3 Å². The summed E-state index contributed by atoms with van der Waals surface area (Å²) in [6.45, 7) is -0.0426. The van der Waals surface area contributed by atoms with Crippen molar-refractivity contribution in [2.75, 3.05) is 11.9 Å². The summed E-state index contributed by atoms with van der Waals surface area (Å²) in [5.41, 5.74) is 2.40. The van der Waals surface area contributed by atoms with Gasteiger partial charge in [-0.25, -0.2) is 0 Å². The summed E-state index contributed by atoms with van der Waals surface area (Å²) in [4.78, 5) is 27.5. The van der Waals surface area contributed by atoms with Crippen LogP contribution in [0.25, 0.3) is 22.0 Å². The third-order valence-corrected chi connectivity index (χ3v) is 4.89. The third-order valence-electron chi connectivity index (χ3n) is 4.89. The molecule has 7 nitrogen and oxygen atoms in total. The Morgan fingerprint density at radius 3 is 2.69 bits per heavy atom. The minimum Gasteiger partial charge on any atom is -0.481 e. The number of carbonyl (C=O) groups is 1. The van der Waals surface area contributed by atoms with Crippen LogP contribution in [0.15, 0.2) is 65.7 Å². The summed E-state index contributed by atoms with van der Waals surface area (Å²) < 4.78 is 13.3. The molecule has 4 aromatic rings. The maximum atomic E-state index is 12.4. The molecular weight excluding hydrogens is 370 g/mol. The number of hydrogen-bond acceptors (Lipinski definition) is 4. The zero-order valence-electron chi connectivity index (χ0n) is 15.6. The molecule has 0 saturated carbocycles. The SMILES string of the molecule is Cn1cc(-c2ccc3c(c2Oc2ccccc2)NC(=O)CO3)c2cc[nH]c2c1=O. The van der Waals surface area contributed by atoms with E-state index in [1.165, 1.54) is 4.57 Å². The van der Waals surface area contributed by atoms with E-state index >= 15 is 0 Å². The van der Waals surface area contributed by atoms with Crippen molar-refractivity contribution >= 4 is 22.5 Å². The highest BCUT2D eigenvalue weighted by atomic mass is 16.5. The second-order valence-electron chi connectivity index (χ2n) is 6.79. The van der Waals surface area contributed by atoms with E-state index < -0.39 is 0 Å². The smallest absolute Gasteiger partial charge is 0.274 e. The summed E-state index contributed by atoms with van der Waals surface area (Å²) >= 11 is 0. The molecule has 0 aliphatic carbocycles. The van der Waals surface area contributed by atoms with Crippen LogP contribution in [0.5, 0.6) is 17.2 Å². The first-order valence-electron chi connectivity index (χ1n) is 9.11. The first kappa shape index (κ1) is 17.1. The highest BCUT2D eigenvalue weighted by molar-refractivity contribution is 6.02. The molecule has 29 heavy (non-hydrogen) atoms. The number of nitrogens with zero attached hydrogens (tertiary/aromatic N) is 1. The van der Waals surface area contributed by atoms with Crippen molar-refractivity contribution in [3.63, 3.8) is 0 Å². The molecule has 0 spiro atoms. The number of aryl methyl sites for hydroxylation is 1. The molecule has 2 N–H and O–H groups in total. The Morgan fingerprint density at radius 2 is 1.86 bits per heavy atom. The fourth-order valence-electron chi connectivity index (χ4n) is 3.53. The van der Waals surface area contributed by atoms with Crippen LogP contribution in [-0.2, 0) is 11.8 Å². The van der Waals surface area contributed by atoms with Crippen LogP contribution in [-0.4, -0.2) is 22.1 Å². The van der Waals surface area contributed by atoms with Crippen LogP contribution < -0.4 is 20.3 Å². The summed E-state index contributed by atoms with van der Waals surface area (Å²) in [6.07, 6.45) is 3.50. The van der Waals surface area contributed by atoms with Gasteiger partial charge in [-0.2, -0.15) is 0 Å². The average Bonchev–Trinajstić information content (AvgIpc) is 3.22. The Hall–Kier alpha value is -4.00. The number of hydrogen-bond donors (Lipinski definition) is 2. The lowest BCUT2D eigenvalue weighted by molar-refractivity contribution is -0.118. The van der Waals surface area contributed by atoms with Crippen LogP contribution >= 0.6 is 0 Å². The number of ether oxygens (including phenoxy) is 2. The van der Waals surface area contributed by atoms with E-state index in [-0.39, 0.29) is 18.1 Å². The number of aromatic nitrogens is 2. The van der Waals surface area contributed by atoms with Gasteiger partial charge < -0.3 is 24.3 Å². The van der Waals surface area contributed by atoms with Gasteiger partial charge in [0.25, 0.3) is 11.5 Å². The van der Waals surface area contributed by atoms with E-state index in [0.717, 1.165) is 16.5 Å². The van der Waals surface area contributed by atoms with Gasteiger partial charge in [-0.3, -0.25) is 9.59 Å². The predicted molar refractivity (Wildman–Crippen MR) is 110 cm³/mol. The first-order chi connectivity index (χ1) is 14.1. The molecule has 3 heterocycles. The molecule has 144 valence electrons. The second kappa shape index (κ2) is 6.56.